The zero-order valence-electron chi connectivity index (χ0n) is 30.6. The largest absolute Gasteiger partial charge is 0.425 e. The molecule has 1 aliphatic heterocycles. The molecule has 3 heterocycles. The lowest BCUT2D eigenvalue weighted by atomic mass is 9.64. The molecule has 0 atom stereocenters. The zero-order chi connectivity index (χ0) is 36.4. The molecule has 0 N–H and O–H groups in total. The van der Waals surface area contributed by atoms with E-state index in [1.165, 1.54) is 27.7 Å². The van der Waals surface area contributed by atoms with E-state index in [-0.39, 0.29) is 12.4 Å². The van der Waals surface area contributed by atoms with Crippen molar-refractivity contribution in [2.45, 2.75) is 26.2 Å². The first-order chi connectivity index (χ1) is 26.4. The maximum absolute atomic E-state index is 5.60. The molecule has 0 unspecified atom stereocenters. The van der Waals surface area contributed by atoms with Crippen molar-refractivity contribution < 1.29 is 0 Å². The second-order valence-electron chi connectivity index (χ2n) is 15.2. The number of benzene rings is 7. The number of fused-ring (bicyclic) bond motifs is 6. The Balaban J connectivity index is 1.29. The van der Waals surface area contributed by atoms with Crippen LogP contribution in [-0.4, -0.2) is 25.9 Å². The van der Waals surface area contributed by atoms with Crippen molar-refractivity contribution in [1.82, 2.24) is 18.9 Å². The van der Waals surface area contributed by atoms with Crippen molar-refractivity contribution in [3.8, 4) is 33.4 Å². The molecular formula is C48H38BN5. The van der Waals surface area contributed by atoms with Crippen LogP contribution in [0.3, 0.4) is 0 Å². The van der Waals surface area contributed by atoms with Crippen LogP contribution >= 0.6 is 0 Å². The minimum atomic E-state index is -0.275. The molecule has 10 rings (SSSR count). The highest BCUT2D eigenvalue weighted by Gasteiger charge is 2.41. The van der Waals surface area contributed by atoms with Crippen molar-refractivity contribution in [3.63, 3.8) is 0 Å². The van der Waals surface area contributed by atoms with Crippen LogP contribution < -0.4 is 10.4 Å². The normalized spacial score (nSPS) is 12.6. The summed E-state index contributed by atoms with van der Waals surface area (Å²) < 4.78 is 4.85. The molecule has 0 amide bonds. The molecule has 0 bridgehead atoms. The third-order valence-electron chi connectivity index (χ3n) is 10.7. The summed E-state index contributed by atoms with van der Waals surface area (Å²) in [5.41, 5.74) is 14.4. The van der Waals surface area contributed by atoms with E-state index in [1.54, 1.807) is 0 Å². The molecule has 9 aromatic rings. The number of nitrogens with zero attached hydrogens (tertiary/aromatic N) is 5. The summed E-state index contributed by atoms with van der Waals surface area (Å²) in [6.07, 6.45) is 0. The first-order valence-corrected chi connectivity index (χ1v) is 18.6. The third-order valence-corrected chi connectivity index (χ3v) is 10.7. The fourth-order valence-corrected chi connectivity index (χ4v) is 7.98. The highest BCUT2D eigenvalue weighted by Crippen LogP contribution is 2.43. The minimum absolute atomic E-state index is 0.0824. The standard InChI is InChI=1S/C48H38BN5/c1-48(2,3)38-30-37(34-18-9-5-10-19-34)31-39(32-38)49-53-43-24-14-13-23-42(43)50-46(53)52(40-28-26-35(27-29-40)33-16-7-4-8-17-33)47-51-45-41(36-20-11-6-12-21-36)22-15-25-44(45)54(47)49/h4-32H,1-3H3. The van der Waals surface area contributed by atoms with Crippen LogP contribution in [0.25, 0.3) is 55.4 Å². The number of para-hydroxylation sites is 3. The van der Waals surface area contributed by atoms with E-state index in [0.717, 1.165) is 56.3 Å². The monoisotopic (exact) mass is 695 g/mol. The van der Waals surface area contributed by atoms with E-state index in [1.807, 2.05) is 0 Å². The number of hydrogen-bond acceptors (Lipinski definition) is 3. The van der Waals surface area contributed by atoms with Crippen molar-refractivity contribution in [2.75, 3.05) is 4.90 Å². The van der Waals surface area contributed by atoms with Crippen LogP contribution in [0.15, 0.2) is 176 Å². The quantitative estimate of drug-likeness (QED) is 0.168. The molecule has 0 radical (unpaired) electrons. The average molecular weight is 696 g/mol. The molecule has 7 aromatic carbocycles. The number of hydrogen-bond donors (Lipinski definition) is 0. The Morgan fingerprint density at radius 3 is 1.70 bits per heavy atom. The Bertz CT molecular complexity index is 2800. The number of anilines is 3. The Labute approximate surface area is 315 Å². The molecular weight excluding hydrogens is 657 g/mol. The maximum atomic E-state index is 5.60. The van der Waals surface area contributed by atoms with Gasteiger partial charge in [0.15, 0.2) is 0 Å². The number of rotatable bonds is 5. The van der Waals surface area contributed by atoms with Crippen molar-refractivity contribution in [1.29, 1.82) is 0 Å². The second-order valence-corrected chi connectivity index (χ2v) is 15.2. The van der Waals surface area contributed by atoms with Gasteiger partial charge < -0.3 is 8.96 Å². The lowest BCUT2D eigenvalue weighted by molar-refractivity contribution is 0.591. The van der Waals surface area contributed by atoms with Crippen LogP contribution in [0.5, 0.6) is 0 Å². The summed E-state index contributed by atoms with van der Waals surface area (Å²) in [6, 6.07) is 62.8. The van der Waals surface area contributed by atoms with Gasteiger partial charge in [0.2, 0.25) is 11.9 Å². The van der Waals surface area contributed by atoms with E-state index in [0.29, 0.717) is 0 Å². The van der Waals surface area contributed by atoms with Gasteiger partial charge in [0.05, 0.1) is 27.8 Å². The van der Waals surface area contributed by atoms with Crippen LogP contribution in [0.1, 0.15) is 26.3 Å². The Hall–Kier alpha value is -6.66. The summed E-state index contributed by atoms with van der Waals surface area (Å²) in [6.45, 7) is 6.61. The van der Waals surface area contributed by atoms with Crippen molar-refractivity contribution in [2.24, 2.45) is 0 Å². The highest BCUT2D eigenvalue weighted by molar-refractivity contribution is 6.73. The topological polar surface area (TPSA) is 38.9 Å². The maximum Gasteiger partial charge on any atom is 0.425 e. The molecule has 1 aliphatic rings. The molecule has 54 heavy (non-hydrogen) atoms. The highest BCUT2D eigenvalue weighted by atomic mass is 15.4. The van der Waals surface area contributed by atoms with Crippen molar-refractivity contribution >= 4 is 52.1 Å². The van der Waals surface area contributed by atoms with Gasteiger partial charge in [0, 0.05) is 5.56 Å². The molecule has 2 aromatic heterocycles. The molecule has 0 saturated heterocycles. The smallest absolute Gasteiger partial charge is 0.329 e. The fraction of sp³-hybridized carbons (Fsp3) is 0.0833. The third kappa shape index (κ3) is 5.25. The van der Waals surface area contributed by atoms with Gasteiger partial charge in [0.1, 0.15) is 0 Å². The van der Waals surface area contributed by atoms with Crippen LogP contribution in [-0.2, 0) is 5.41 Å². The summed E-state index contributed by atoms with van der Waals surface area (Å²) in [4.78, 5) is 13.2. The molecule has 0 aliphatic carbocycles. The summed E-state index contributed by atoms with van der Waals surface area (Å²) in [5, 5.41) is 0. The van der Waals surface area contributed by atoms with Gasteiger partial charge in [-0.1, -0.05) is 166 Å². The summed E-state index contributed by atoms with van der Waals surface area (Å²) in [7, 11) is 0. The fourth-order valence-electron chi connectivity index (χ4n) is 7.98. The van der Waals surface area contributed by atoms with E-state index in [4.69, 9.17) is 9.97 Å². The van der Waals surface area contributed by atoms with Gasteiger partial charge in [0.25, 0.3) is 0 Å². The van der Waals surface area contributed by atoms with E-state index >= 15 is 0 Å². The van der Waals surface area contributed by atoms with E-state index < -0.39 is 0 Å². The molecule has 5 nitrogen and oxygen atoms in total. The van der Waals surface area contributed by atoms with E-state index in [9.17, 15) is 0 Å². The Morgan fingerprint density at radius 1 is 0.463 bits per heavy atom. The Kier molecular flexibility index (Phi) is 7.41. The van der Waals surface area contributed by atoms with Gasteiger partial charge in [-0.2, -0.15) is 0 Å². The van der Waals surface area contributed by atoms with Crippen molar-refractivity contribution in [3.05, 3.63) is 181 Å². The second kappa shape index (κ2) is 12.5. The molecule has 258 valence electrons. The van der Waals surface area contributed by atoms with Gasteiger partial charge >= 0.3 is 6.98 Å². The molecule has 0 fully saturated rings. The lowest BCUT2D eigenvalue weighted by Gasteiger charge is -2.34. The molecule has 6 heteroatoms. The summed E-state index contributed by atoms with van der Waals surface area (Å²) in [5.74, 6) is 1.66. The van der Waals surface area contributed by atoms with Gasteiger partial charge in [-0.25, -0.2) is 9.97 Å². The van der Waals surface area contributed by atoms with Crippen LogP contribution in [0.2, 0.25) is 0 Å². The predicted molar refractivity (Wildman–Crippen MR) is 225 cm³/mol. The Morgan fingerprint density at radius 2 is 1.02 bits per heavy atom. The van der Waals surface area contributed by atoms with Crippen LogP contribution in [0.4, 0.5) is 17.6 Å². The van der Waals surface area contributed by atoms with E-state index in [2.05, 4.69) is 211 Å². The lowest BCUT2D eigenvalue weighted by Crippen LogP contribution is -2.50. The SMILES string of the molecule is CC(C)(C)c1cc(B2n3c(nc4ccccc43)N(c3ccc(-c4ccccc4)cc3)c3nc4c(-c5ccccc5)cccc4n32)cc(-c2ccccc2)c1. The number of aromatic nitrogens is 4. The van der Waals surface area contributed by atoms with Gasteiger partial charge in [-0.05, 0) is 74.6 Å². The summed E-state index contributed by atoms with van der Waals surface area (Å²) >= 11 is 0. The number of imidazole rings is 2. The average Bonchev–Trinajstić information content (AvgIpc) is 3.79. The zero-order valence-corrected chi connectivity index (χ0v) is 30.6. The first-order valence-electron chi connectivity index (χ1n) is 18.6. The first kappa shape index (κ1) is 32.0. The van der Waals surface area contributed by atoms with Gasteiger partial charge in [-0.15, -0.1) is 0 Å². The minimum Gasteiger partial charge on any atom is -0.329 e. The molecule has 0 spiro atoms. The van der Waals surface area contributed by atoms with Crippen LogP contribution in [0, 0.1) is 0 Å². The van der Waals surface area contributed by atoms with Gasteiger partial charge in [-0.3, -0.25) is 4.90 Å². The predicted octanol–water partition coefficient (Wildman–Crippen LogP) is 11.3. The molecule has 0 saturated carbocycles.